The Kier molecular flexibility index (Phi) is 6.93. The summed E-state index contributed by atoms with van der Waals surface area (Å²) in [5.41, 5.74) is 1.22. The monoisotopic (exact) mass is 352 g/mol. The van der Waals surface area contributed by atoms with Gasteiger partial charge in [-0.2, -0.15) is 0 Å². The molecule has 3 rings (SSSR count). The molecule has 2 atom stereocenters. The van der Waals surface area contributed by atoms with Crippen LogP contribution >= 0.6 is 12.4 Å². The summed E-state index contributed by atoms with van der Waals surface area (Å²) in [7, 11) is 1.89. The predicted molar refractivity (Wildman–Crippen MR) is 98.8 cm³/mol. The molecule has 0 spiro atoms. The minimum Gasteiger partial charge on any atom is -0.492 e. The van der Waals surface area contributed by atoms with Crippen LogP contribution in [0.1, 0.15) is 37.7 Å². The largest absolute Gasteiger partial charge is 0.492 e. The number of carbonyl (C=O) groups is 1. The van der Waals surface area contributed by atoms with Crippen LogP contribution < -0.4 is 10.1 Å². The number of hydrogen-bond acceptors (Lipinski definition) is 3. The van der Waals surface area contributed by atoms with E-state index in [0.717, 1.165) is 18.6 Å². The van der Waals surface area contributed by atoms with Gasteiger partial charge in [-0.1, -0.05) is 17.7 Å². The van der Waals surface area contributed by atoms with E-state index in [2.05, 4.69) is 12.2 Å². The zero-order valence-corrected chi connectivity index (χ0v) is 15.5. The van der Waals surface area contributed by atoms with Gasteiger partial charge in [0, 0.05) is 25.6 Å². The lowest BCUT2D eigenvalue weighted by molar-refractivity contribution is -0.131. The fourth-order valence-corrected chi connectivity index (χ4v) is 3.80. The lowest BCUT2D eigenvalue weighted by Gasteiger charge is -2.30. The van der Waals surface area contributed by atoms with Crippen molar-refractivity contribution in [2.24, 2.45) is 5.92 Å². The number of likely N-dealkylation sites (N-methyl/N-ethyl adjacent to an activating group) is 1. The Morgan fingerprint density at radius 2 is 1.83 bits per heavy atom. The van der Waals surface area contributed by atoms with Crippen LogP contribution in [-0.2, 0) is 4.79 Å². The second-order valence-electron chi connectivity index (χ2n) is 7.16. The molecule has 0 radical (unpaired) electrons. The molecule has 1 aromatic carbocycles. The fraction of sp³-hybridized carbons (Fsp3) is 0.632. The van der Waals surface area contributed by atoms with E-state index in [4.69, 9.17) is 4.74 Å². The molecule has 2 saturated heterocycles. The molecular weight excluding hydrogens is 324 g/mol. The first-order valence-corrected chi connectivity index (χ1v) is 8.79. The average Bonchev–Trinajstić information content (AvgIpc) is 2.88. The average molecular weight is 353 g/mol. The van der Waals surface area contributed by atoms with Crippen LogP contribution in [0.25, 0.3) is 0 Å². The number of benzene rings is 1. The van der Waals surface area contributed by atoms with Gasteiger partial charge in [-0.25, -0.2) is 0 Å². The van der Waals surface area contributed by atoms with Gasteiger partial charge in [0.25, 0.3) is 0 Å². The van der Waals surface area contributed by atoms with Crippen molar-refractivity contribution in [1.29, 1.82) is 0 Å². The van der Waals surface area contributed by atoms with E-state index in [1.807, 2.05) is 36.2 Å². The molecule has 0 saturated carbocycles. The SMILES string of the molecule is Cc1ccc(OCCN(C)C(=O)CC2CC3CCC(C2)N3)cc1.Cl. The summed E-state index contributed by atoms with van der Waals surface area (Å²) >= 11 is 0. The quantitative estimate of drug-likeness (QED) is 0.855. The van der Waals surface area contributed by atoms with Crippen LogP contribution in [0.3, 0.4) is 0 Å². The number of carbonyl (C=O) groups excluding carboxylic acids is 1. The van der Waals surface area contributed by atoms with Crippen LogP contribution in [0, 0.1) is 12.8 Å². The van der Waals surface area contributed by atoms with Gasteiger partial charge < -0.3 is 15.0 Å². The van der Waals surface area contributed by atoms with E-state index in [-0.39, 0.29) is 18.3 Å². The molecule has 24 heavy (non-hydrogen) atoms. The first-order chi connectivity index (χ1) is 11.1. The van der Waals surface area contributed by atoms with Gasteiger partial charge in [0.15, 0.2) is 0 Å². The molecular formula is C19H29ClN2O2. The van der Waals surface area contributed by atoms with Gasteiger partial charge in [-0.3, -0.25) is 4.79 Å². The number of nitrogens with one attached hydrogen (secondary N) is 1. The van der Waals surface area contributed by atoms with Crippen LogP contribution in [0.5, 0.6) is 5.75 Å². The highest BCUT2D eigenvalue weighted by Gasteiger charge is 2.34. The zero-order chi connectivity index (χ0) is 16.2. The smallest absolute Gasteiger partial charge is 0.222 e. The first-order valence-electron chi connectivity index (χ1n) is 8.79. The first kappa shape index (κ1) is 19.1. The maximum Gasteiger partial charge on any atom is 0.222 e. The highest BCUT2D eigenvalue weighted by atomic mass is 35.5. The van der Waals surface area contributed by atoms with Gasteiger partial charge in [-0.05, 0) is 50.7 Å². The third-order valence-electron chi connectivity index (χ3n) is 5.18. The standard InChI is InChI=1S/C19H28N2O2.ClH/c1-14-3-7-18(8-4-14)23-10-9-21(2)19(22)13-15-11-16-5-6-17(12-15)20-16;/h3-4,7-8,15-17,20H,5-6,9-13H2,1-2H3;1H. The highest BCUT2D eigenvalue weighted by molar-refractivity contribution is 5.85. The molecule has 4 nitrogen and oxygen atoms in total. The second-order valence-corrected chi connectivity index (χ2v) is 7.16. The molecule has 2 unspecified atom stereocenters. The van der Waals surface area contributed by atoms with Crippen LogP contribution in [0.15, 0.2) is 24.3 Å². The van der Waals surface area contributed by atoms with Crippen LogP contribution in [-0.4, -0.2) is 43.1 Å². The number of ether oxygens (including phenoxy) is 1. The number of fused-ring (bicyclic) bond motifs is 2. The van der Waals surface area contributed by atoms with E-state index in [0.29, 0.717) is 37.6 Å². The number of hydrogen-bond donors (Lipinski definition) is 1. The molecule has 1 aromatic rings. The molecule has 1 amide bonds. The van der Waals surface area contributed by atoms with E-state index in [1.54, 1.807) is 0 Å². The summed E-state index contributed by atoms with van der Waals surface area (Å²) in [6, 6.07) is 9.33. The van der Waals surface area contributed by atoms with Crippen LogP contribution in [0.4, 0.5) is 0 Å². The number of amides is 1. The van der Waals surface area contributed by atoms with Crippen molar-refractivity contribution in [3.05, 3.63) is 29.8 Å². The summed E-state index contributed by atoms with van der Waals surface area (Å²) < 4.78 is 5.71. The van der Waals surface area contributed by atoms with Crippen molar-refractivity contribution in [3.8, 4) is 5.75 Å². The molecule has 2 fully saturated rings. The molecule has 0 aliphatic carbocycles. The molecule has 134 valence electrons. The summed E-state index contributed by atoms with van der Waals surface area (Å²) in [4.78, 5) is 14.2. The maximum atomic E-state index is 12.4. The molecule has 2 heterocycles. The number of rotatable bonds is 6. The summed E-state index contributed by atoms with van der Waals surface area (Å²) in [5, 5.41) is 3.63. The van der Waals surface area contributed by atoms with E-state index >= 15 is 0 Å². The lowest BCUT2D eigenvalue weighted by atomic mass is 9.89. The number of halogens is 1. The second kappa shape index (κ2) is 8.72. The summed E-state index contributed by atoms with van der Waals surface area (Å²) in [6.07, 6.45) is 5.59. The Bertz CT molecular complexity index is 523. The van der Waals surface area contributed by atoms with Gasteiger partial charge in [-0.15, -0.1) is 12.4 Å². The topological polar surface area (TPSA) is 41.6 Å². The van der Waals surface area contributed by atoms with Gasteiger partial charge in [0.2, 0.25) is 5.91 Å². The molecule has 5 heteroatoms. The molecule has 0 aromatic heterocycles. The predicted octanol–water partition coefficient (Wildman–Crippen LogP) is 3.17. The van der Waals surface area contributed by atoms with Gasteiger partial charge in [0.05, 0.1) is 6.54 Å². The molecule has 2 aliphatic heterocycles. The zero-order valence-electron chi connectivity index (χ0n) is 14.7. The van der Waals surface area contributed by atoms with Crippen molar-refractivity contribution in [3.63, 3.8) is 0 Å². The Morgan fingerprint density at radius 1 is 1.21 bits per heavy atom. The summed E-state index contributed by atoms with van der Waals surface area (Å²) in [6.45, 7) is 3.25. The fourth-order valence-electron chi connectivity index (χ4n) is 3.80. The third-order valence-corrected chi connectivity index (χ3v) is 5.18. The number of piperidine rings is 1. The van der Waals surface area contributed by atoms with E-state index in [9.17, 15) is 4.79 Å². The number of aryl methyl sites for hydroxylation is 1. The van der Waals surface area contributed by atoms with Crippen molar-refractivity contribution in [2.45, 2.75) is 51.1 Å². The minimum atomic E-state index is 0. The maximum absolute atomic E-state index is 12.4. The van der Waals surface area contributed by atoms with Crippen LogP contribution in [0.2, 0.25) is 0 Å². The third kappa shape index (κ3) is 5.12. The Hall–Kier alpha value is -1.26. The van der Waals surface area contributed by atoms with Crippen molar-refractivity contribution < 1.29 is 9.53 Å². The lowest BCUT2D eigenvalue weighted by Crippen LogP contribution is -2.40. The Balaban J connectivity index is 0.00000208. The molecule has 2 aliphatic rings. The van der Waals surface area contributed by atoms with Gasteiger partial charge >= 0.3 is 0 Å². The Labute approximate surface area is 151 Å². The molecule has 1 N–H and O–H groups in total. The Morgan fingerprint density at radius 3 is 2.46 bits per heavy atom. The van der Waals surface area contributed by atoms with E-state index in [1.165, 1.54) is 18.4 Å². The molecule has 2 bridgehead atoms. The van der Waals surface area contributed by atoms with Crippen molar-refractivity contribution in [2.75, 3.05) is 20.2 Å². The van der Waals surface area contributed by atoms with Crippen molar-refractivity contribution in [1.82, 2.24) is 10.2 Å². The van der Waals surface area contributed by atoms with Crippen molar-refractivity contribution >= 4 is 18.3 Å². The van der Waals surface area contributed by atoms with E-state index < -0.39 is 0 Å². The normalized spacial score (nSPS) is 25.0. The van der Waals surface area contributed by atoms with Gasteiger partial charge in [0.1, 0.15) is 12.4 Å². The number of nitrogens with zero attached hydrogens (tertiary/aromatic N) is 1. The summed E-state index contributed by atoms with van der Waals surface area (Å²) in [5.74, 6) is 1.68. The highest BCUT2D eigenvalue weighted by Crippen LogP contribution is 2.32. The minimum absolute atomic E-state index is 0.